The number of aromatic nitrogens is 1. The molecule has 5 heteroatoms. The smallest absolute Gasteiger partial charge is 0.149 e. The topological polar surface area (TPSA) is 71.2 Å². The van der Waals surface area contributed by atoms with Gasteiger partial charge < -0.3 is 16.2 Å². The van der Waals surface area contributed by atoms with Gasteiger partial charge in [0.2, 0.25) is 0 Å². The number of nitrogens with one attached hydrogen (secondary N) is 1. The predicted molar refractivity (Wildman–Crippen MR) is 70.1 cm³/mol. The molecule has 0 amide bonds. The number of nitrogen functional groups attached to an aromatic ring is 1. The third-order valence-corrected chi connectivity index (χ3v) is 3.40. The van der Waals surface area contributed by atoms with Crippen molar-refractivity contribution in [1.29, 1.82) is 0 Å². The summed E-state index contributed by atoms with van der Waals surface area (Å²) in [4.78, 5) is 4.15. The van der Waals surface area contributed by atoms with Crippen LogP contribution in [0.5, 0.6) is 0 Å². The fourth-order valence-electron chi connectivity index (χ4n) is 2.29. The minimum atomic E-state index is -0.147. The van der Waals surface area contributed by atoms with Gasteiger partial charge in [-0.2, -0.15) is 0 Å². The second-order valence-corrected chi connectivity index (χ2v) is 5.10. The average molecular weight is 256 g/mol. The third kappa shape index (κ3) is 3.48. The molecule has 1 aromatic rings. The van der Waals surface area contributed by atoms with Gasteiger partial charge in [0.15, 0.2) is 0 Å². The standard InChI is InChI=1S/C12H18ClN3O/c13-9-5-11(14)12(16-7-9)15-6-8-2-1-3-10(17)4-8/h5,7-8,10,17H,1-4,6,14H2,(H,15,16). The maximum atomic E-state index is 9.58. The normalized spacial score (nSPS) is 24.6. The summed E-state index contributed by atoms with van der Waals surface area (Å²) < 4.78 is 0. The predicted octanol–water partition coefficient (Wildman–Crippen LogP) is 2.28. The Morgan fingerprint density at radius 1 is 1.53 bits per heavy atom. The van der Waals surface area contributed by atoms with Crippen LogP contribution in [0.3, 0.4) is 0 Å². The summed E-state index contributed by atoms with van der Waals surface area (Å²) in [5.74, 6) is 1.17. The van der Waals surface area contributed by atoms with Gasteiger partial charge in [-0.05, 0) is 31.2 Å². The van der Waals surface area contributed by atoms with Gasteiger partial charge in [0, 0.05) is 12.7 Å². The van der Waals surface area contributed by atoms with E-state index in [0.717, 1.165) is 32.2 Å². The molecule has 0 spiro atoms. The van der Waals surface area contributed by atoms with Crippen molar-refractivity contribution in [3.05, 3.63) is 17.3 Å². The zero-order valence-electron chi connectivity index (χ0n) is 9.69. The van der Waals surface area contributed by atoms with Gasteiger partial charge in [-0.15, -0.1) is 0 Å². The number of anilines is 2. The van der Waals surface area contributed by atoms with Crippen LogP contribution >= 0.6 is 11.6 Å². The number of halogens is 1. The first-order chi connectivity index (χ1) is 8.15. The van der Waals surface area contributed by atoms with Crippen molar-refractivity contribution in [2.45, 2.75) is 31.8 Å². The Morgan fingerprint density at radius 3 is 3.06 bits per heavy atom. The van der Waals surface area contributed by atoms with Crippen LogP contribution < -0.4 is 11.1 Å². The molecule has 0 radical (unpaired) electrons. The number of hydrogen-bond donors (Lipinski definition) is 3. The first-order valence-electron chi connectivity index (χ1n) is 5.98. The third-order valence-electron chi connectivity index (χ3n) is 3.20. The molecule has 94 valence electrons. The van der Waals surface area contributed by atoms with E-state index >= 15 is 0 Å². The summed E-state index contributed by atoms with van der Waals surface area (Å²) in [7, 11) is 0. The molecule has 2 rings (SSSR count). The highest BCUT2D eigenvalue weighted by atomic mass is 35.5. The van der Waals surface area contributed by atoms with Crippen molar-refractivity contribution in [2.75, 3.05) is 17.6 Å². The van der Waals surface area contributed by atoms with Crippen molar-refractivity contribution in [3.8, 4) is 0 Å². The molecule has 4 N–H and O–H groups in total. The van der Waals surface area contributed by atoms with Gasteiger partial charge in [0.1, 0.15) is 5.82 Å². The molecule has 0 bridgehead atoms. The minimum Gasteiger partial charge on any atom is -0.396 e. The number of nitrogens with two attached hydrogens (primary N) is 1. The molecule has 1 aliphatic carbocycles. The molecule has 2 atom stereocenters. The van der Waals surface area contributed by atoms with Crippen molar-refractivity contribution in [1.82, 2.24) is 4.98 Å². The van der Waals surface area contributed by atoms with Gasteiger partial charge in [-0.1, -0.05) is 18.0 Å². The molecule has 0 aliphatic heterocycles. The van der Waals surface area contributed by atoms with Gasteiger partial charge in [0.25, 0.3) is 0 Å². The first kappa shape index (κ1) is 12.5. The number of aliphatic hydroxyl groups is 1. The highest BCUT2D eigenvalue weighted by Crippen LogP contribution is 2.25. The monoisotopic (exact) mass is 255 g/mol. The molecule has 1 heterocycles. The molecule has 1 aromatic heterocycles. The largest absolute Gasteiger partial charge is 0.396 e. The Bertz CT molecular complexity index is 386. The van der Waals surface area contributed by atoms with Crippen LogP contribution in [0.4, 0.5) is 11.5 Å². The number of hydrogen-bond acceptors (Lipinski definition) is 4. The maximum Gasteiger partial charge on any atom is 0.149 e. The molecule has 0 saturated heterocycles. The Morgan fingerprint density at radius 2 is 2.35 bits per heavy atom. The summed E-state index contributed by atoms with van der Waals surface area (Å²) in [5.41, 5.74) is 6.37. The Kier molecular flexibility index (Phi) is 4.07. The highest BCUT2D eigenvalue weighted by Gasteiger charge is 2.20. The zero-order chi connectivity index (χ0) is 12.3. The number of rotatable bonds is 3. The lowest BCUT2D eigenvalue weighted by Crippen LogP contribution is -2.25. The minimum absolute atomic E-state index is 0.147. The van der Waals surface area contributed by atoms with E-state index in [1.165, 1.54) is 0 Å². The van der Waals surface area contributed by atoms with E-state index in [9.17, 15) is 5.11 Å². The molecule has 2 unspecified atom stereocenters. The first-order valence-corrected chi connectivity index (χ1v) is 6.36. The zero-order valence-corrected chi connectivity index (χ0v) is 10.5. The molecular weight excluding hydrogens is 238 g/mol. The molecule has 1 fully saturated rings. The van der Waals surface area contributed by atoms with Crippen LogP contribution in [0.2, 0.25) is 5.02 Å². The Hall–Kier alpha value is -1.00. The van der Waals surface area contributed by atoms with Crippen LogP contribution in [-0.4, -0.2) is 22.7 Å². The summed E-state index contributed by atoms with van der Waals surface area (Å²) in [6.45, 7) is 0.801. The summed E-state index contributed by atoms with van der Waals surface area (Å²) >= 11 is 5.78. The molecular formula is C12H18ClN3O. The highest BCUT2D eigenvalue weighted by molar-refractivity contribution is 6.30. The Balaban J connectivity index is 1.88. The van der Waals surface area contributed by atoms with Crippen LogP contribution in [0.1, 0.15) is 25.7 Å². The Labute approximate surface area is 106 Å². The average Bonchev–Trinajstić information content (AvgIpc) is 2.28. The van der Waals surface area contributed by atoms with E-state index in [1.54, 1.807) is 12.3 Å². The fourth-order valence-corrected chi connectivity index (χ4v) is 2.46. The van der Waals surface area contributed by atoms with E-state index in [4.69, 9.17) is 17.3 Å². The summed E-state index contributed by atoms with van der Waals surface area (Å²) in [5, 5.41) is 13.3. The van der Waals surface area contributed by atoms with Gasteiger partial charge in [-0.25, -0.2) is 4.98 Å². The quantitative estimate of drug-likeness (QED) is 0.775. The van der Waals surface area contributed by atoms with Crippen molar-refractivity contribution >= 4 is 23.1 Å². The number of aliphatic hydroxyl groups excluding tert-OH is 1. The summed E-state index contributed by atoms with van der Waals surface area (Å²) in [6.07, 6.45) is 5.47. The van der Waals surface area contributed by atoms with E-state index in [1.807, 2.05) is 0 Å². The van der Waals surface area contributed by atoms with Gasteiger partial charge in [0.05, 0.1) is 16.8 Å². The molecule has 1 aliphatic rings. The lowest BCUT2D eigenvalue weighted by atomic mass is 9.87. The second kappa shape index (κ2) is 5.56. The molecule has 17 heavy (non-hydrogen) atoms. The molecule has 1 saturated carbocycles. The van der Waals surface area contributed by atoms with Gasteiger partial charge >= 0.3 is 0 Å². The second-order valence-electron chi connectivity index (χ2n) is 4.66. The van der Waals surface area contributed by atoms with Crippen molar-refractivity contribution < 1.29 is 5.11 Å². The number of pyridine rings is 1. The molecule has 4 nitrogen and oxygen atoms in total. The van der Waals surface area contributed by atoms with E-state index < -0.39 is 0 Å². The number of nitrogens with zero attached hydrogens (tertiary/aromatic N) is 1. The lowest BCUT2D eigenvalue weighted by molar-refractivity contribution is 0.104. The van der Waals surface area contributed by atoms with Crippen LogP contribution in [0.15, 0.2) is 12.3 Å². The molecule has 0 aromatic carbocycles. The van der Waals surface area contributed by atoms with Crippen LogP contribution in [0, 0.1) is 5.92 Å². The summed E-state index contributed by atoms with van der Waals surface area (Å²) in [6, 6.07) is 1.69. The van der Waals surface area contributed by atoms with E-state index in [0.29, 0.717) is 22.4 Å². The lowest BCUT2D eigenvalue weighted by Gasteiger charge is -2.26. The fraction of sp³-hybridized carbons (Fsp3) is 0.583. The SMILES string of the molecule is Nc1cc(Cl)cnc1NCC1CCCC(O)C1. The van der Waals surface area contributed by atoms with E-state index in [2.05, 4.69) is 10.3 Å². The van der Waals surface area contributed by atoms with Crippen molar-refractivity contribution in [2.24, 2.45) is 5.92 Å². The van der Waals surface area contributed by atoms with E-state index in [-0.39, 0.29) is 6.10 Å². The van der Waals surface area contributed by atoms with Gasteiger partial charge in [-0.3, -0.25) is 0 Å². The van der Waals surface area contributed by atoms with Crippen LogP contribution in [0.25, 0.3) is 0 Å². The van der Waals surface area contributed by atoms with Crippen molar-refractivity contribution in [3.63, 3.8) is 0 Å². The maximum absolute atomic E-state index is 9.58. The van der Waals surface area contributed by atoms with Crippen LogP contribution in [-0.2, 0) is 0 Å².